The minimum absolute atomic E-state index is 0.285. The second kappa shape index (κ2) is 6.12. The van der Waals surface area contributed by atoms with E-state index in [4.69, 9.17) is 0 Å². The summed E-state index contributed by atoms with van der Waals surface area (Å²) >= 11 is 0. The predicted octanol–water partition coefficient (Wildman–Crippen LogP) is 1.99. The quantitative estimate of drug-likeness (QED) is 0.742. The van der Waals surface area contributed by atoms with Gasteiger partial charge in [-0.1, -0.05) is 12.1 Å². The van der Waals surface area contributed by atoms with Gasteiger partial charge in [0, 0.05) is 0 Å². The van der Waals surface area contributed by atoms with Gasteiger partial charge in [-0.15, -0.1) is 4.90 Å². The molecule has 0 spiro atoms. The summed E-state index contributed by atoms with van der Waals surface area (Å²) in [6.45, 7) is 0. The summed E-state index contributed by atoms with van der Waals surface area (Å²) in [6.07, 6.45) is -2.92. The zero-order valence-electron chi connectivity index (χ0n) is 12.1. The number of imidazole rings is 1. The highest BCUT2D eigenvalue weighted by atomic mass is 16.6. The number of rotatable bonds is 1. The highest BCUT2D eigenvalue weighted by Crippen LogP contribution is 2.24. The van der Waals surface area contributed by atoms with E-state index < -0.39 is 18.3 Å². The zero-order chi connectivity index (χ0) is 16.3. The first-order valence-corrected chi connectivity index (χ1v) is 6.07. The van der Waals surface area contributed by atoms with Gasteiger partial charge in [-0.3, -0.25) is 0 Å². The molecule has 0 unspecified atom stereocenters. The molecule has 116 valence electrons. The molecule has 0 aliphatic carbocycles. The van der Waals surface area contributed by atoms with Crippen LogP contribution in [0.25, 0.3) is 11.0 Å². The van der Waals surface area contributed by atoms with Crippen molar-refractivity contribution in [3.05, 3.63) is 24.3 Å². The Labute approximate surface area is 125 Å². The number of imide groups is 1. The monoisotopic (exact) mass is 307 g/mol. The molecule has 0 atom stereocenters. The van der Waals surface area contributed by atoms with E-state index in [1.807, 2.05) is 0 Å². The molecule has 9 nitrogen and oxygen atoms in total. The van der Waals surface area contributed by atoms with Crippen molar-refractivity contribution in [1.29, 1.82) is 0 Å². The standard InChI is InChI=1S/C13H13N3O6/c1-20-11(17)15-9-7-5-4-6-8(9)14-10(15)16(12(18)21-2)13(19)22-3/h4-7H,1-3H3. The minimum atomic E-state index is -1.05. The van der Waals surface area contributed by atoms with Crippen LogP contribution in [0.2, 0.25) is 0 Å². The summed E-state index contributed by atoms with van der Waals surface area (Å²) in [5.41, 5.74) is 0.753. The van der Waals surface area contributed by atoms with Gasteiger partial charge < -0.3 is 14.2 Å². The van der Waals surface area contributed by atoms with Crippen LogP contribution in [0.5, 0.6) is 0 Å². The summed E-state index contributed by atoms with van der Waals surface area (Å²) in [4.78, 5) is 40.3. The first-order valence-electron chi connectivity index (χ1n) is 6.07. The Kier molecular flexibility index (Phi) is 4.25. The van der Waals surface area contributed by atoms with Crippen LogP contribution in [0.15, 0.2) is 24.3 Å². The number of amides is 2. The van der Waals surface area contributed by atoms with Gasteiger partial charge in [0.25, 0.3) is 0 Å². The number of nitrogens with zero attached hydrogens (tertiary/aromatic N) is 3. The van der Waals surface area contributed by atoms with Crippen molar-refractivity contribution >= 4 is 35.3 Å². The van der Waals surface area contributed by atoms with Crippen LogP contribution in [0.4, 0.5) is 20.3 Å². The molecule has 2 aromatic rings. The highest BCUT2D eigenvalue weighted by molar-refractivity contribution is 6.10. The molecule has 0 saturated heterocycles. The molecule has 2 rings (SSSR count). The molecule has 1 heterocycles. The van der Waals surface area contributed by atoms with Gasteiger partial charge in [0.15, 0.2) is 0 Å². The maximum Gasteiger partial charge on any atom is 0.426 e. The van der Waals surface area contributed by atoms with Crippen molar-refractivity contribution in [3.8, 4) is 0 Å². The second-order valence-corrected chi connectivity index (χ2v) is 3.98. The van der Waals surface area contributed by atoms with E-state index in [0.717, 1.165) is 18.8 Å². The number of para-hydroxylation sites is 2. The number of hydrogen-bond acceptors (Lipinski definition) is 7. The molecule has 22 heavy (non-hydrogen) atoms. The molecule has 0 fully saturated rings. The van der Waals surface area contributed by atoms with Gasteiger partial charge in [0.1, 0.15) is 0 Å². The van der Waals surface area contributed by atoms with Crippen molar-refractivity contribution in [1.82, 2.24) is 9.55 Å². The Bertz CT molecular complexity index is 722. The third kappa shape index (κ3) is 2.43. The van der Waals surface area contributed by atoms with Gasteiger partial charge >= 0.3 is 18.3 Å². The number of anilines is 1. The summed E-state index contributed by atoms with van der Waals surface area (Å²) in [7, 11) is 3.34. The van der Waals surface area contributed by atoms with Crippen LogP contribution in [0.3, 0.4) is 0 Å². The molecular weight excluding hydrogens is 294 g/mol. The van der Waals surface area contributed by atoms with Crippen molar-refractivity contribution in [3.63, 3.8) is 0 Å². The lowest BCUT2D eigenvalue weighted by Gasteiger charge is -2.17. The first kappa shape index (κ1) is 15.3. The van der Waals surface area contributed by atoms with Gasteiger partial charge in [-0.2, -0.15) is 0 Å². The topological polar surface area (TPSA) is 100.0 Å². The number of carbonyl (C=O) groups is 3. The molecule has 1 aromatic carbocycles. The smallest absolute Gasteiger partial charge is 0.426 e. The number of fused-ring (bicyclic) bond motifs is 1. The number of ether oxygens (including phenoxy) is 3. The Morgan fingerprint density at radius 2 is 1.59 bits per heavy atom. The maximum absolute atomic E-state index is 12.0. The normalized spacial score (nSPS) is 10.1. The van der Waals surface area contributed by atoms with Crippen molar-refractivity contribution < 1.29 is 28.6 Å². The van der Waals surface area contributed by atoms with E-state index in [-0.39, 0.29) is 5.95 Å². The number of carbonyl (C=O) groups excluding carboxylic acids is 3. The maximum atomic E-state index is 12.0. The zero-order valence-corrected chi connectivity index (χ0v) is 12.1. The molecule has 1 aromatic heterocycles. The third-order valence-corrected chi connectivity index (χ3v) is 2.81. The lowest BCUT2D eigenvalue weighted by Crippen LogP contribution is -2.39. The predicted molar refractivity (Wildman–Crippen MR) is 74.8 cm³/mol. The van der Waals surface area contributed by atoms with Gasteiger partial charge in [-0.05, 0) is 12.1 Å². The van der Waals surface area contributed by atoms with E-state index >= 15 is 0 Å². The molecule has 0 saturated carbocycles. The molecule has 0 aliphatic heterocycles. The van der Waals surface area contributed by atoms with Crippen molar-refractivity contribution in [2.45, 2.75) is 0 Å². The van der Waals surface area contributed by atoms with E-state index in [9.17, 15) is 14.4 Å². The van der Waals surface area contributed by atoms with E-state index in [0.29, 0.717) is 15.9 Å². The molecule has 9 heteroatoms. The fourth-order valence-electron chi connectivity index (χ4n) is 1.85. The Morgan fingerprint density at radius 3 is 2.14 bits per heavy atom. The van der Waals surface area contributed by atoms with Gasteiger partial charge in [-0.25, -0.2) is 23.9 Å². The van der Waals surface area contributed by atoms with Gasteiger partial charge in [0.2, 0.25) is 5.95 Å². The number of methoxy groups -OCH3 is 3. The second-order valence-electron chi connectivity index (χ2n) is 3.98. The summed E-state index contributed by atoms with van der Waals surface area (Å²) < 4.78 is 14.7. The number of aromatic nitrogens is 2. The average Bonchev–Trinajstić information content (AvgIpc) is 2.92. The SMILES string of the molecule is COC(=O)N(C(=O)OC)c1nc2ccccc2n1C(=O)OC. The minimum Gasteiger partial charge on any atom is -0.452 e. The fraction of sp³-hybridized carbons (Fsp3) is 0.231. The largest absolute Gasteiger partial charge is 0.452 e. The molecular formula is C13H13N3O6. The lowest BCUT2D eigenvalue weighted by atomic mass is 10.3. The van der Waals surface area contributed by atoms with Crippen molar-refractivity contribution in [2.24, 2.45) is 0 Å². The molecule has 0 aliphatic rings. The molecule has 2 amide bonds. The van der Waals surface area contributed by atoms with Gasteiger partial charge in [0.05, 0.1) is 32.4 Å². The Hall–Kier alpha value is -3.10. The van der Waals surface area contributed by atoms with E-state index in [2.05, 4.69) is 19.2 Å². The van der Waals surface area contributed by atoms with Crippen LogP contribution in [0, 0.1) is 0 Å². The number of benzene rings is 1. The Morgan fingerprint density at radius 1 is 1.00 bits per heavy atom. The summed E-state index contributed by atoms with van der Waals surface area (Å²) in [5.74, 6) is -0.285. The first-order chi connectivity index (χ1) is 10.5. The van der Waals surface area contributed by atoms with Crippen LogP contribution in [-0.4, -0.2) is 49.2 Å². The van der Waals surface area contributed by atoms with Crippen LogP contribution < -0.4 is 4.90 Å². The summed E-state index contributed by atoms with van der Waals surface area (Å²) in [5, 5.41) is 0. The van der Waals surface area contributed by atoms with Crippen molar-refractivity contribution in [2.75, 3.05) is 26.2 Å². The molecule has 0 bridgehead atoms. The van der Waals surface area contributed by atoms with E-state index in [1.165, 1.54) is 7.11 Å². The van der Waals surface area contributed by atoms with Crippen LogP contribution in [-0.2, 0) is 14.2 Å². The van der Waals surface area contributed by atoms with Crippen LogP contribution >= 0.6 is 0 Å². The fourth-order valence-corrected chi connectivity index (χ4v) is 1.85. The highest BCUT2D eigenvalue weighted by Gasteiger charge is 2.33. The summed E-state index contributed by atoms with van der Waals surface area (Å²) in [6, 6.07) is 6.58. The molecule has 0 N–H and O–H groups in total. The average molecular weight is 307 g/mol. The van der Waals surface area contributed by atoms with Crippen LogP contribution in [0.1, 0.15) is 0 Å². The number of hydrogen-bond donors (Lipinski definition) is 0. The third-order valence-electron chi connectivity index (χ3n) is 2.81. The Balaban J connectivity index is 2.73. The molecule has 0 radical (unpaired) electrons. The lowest BCUT2D eigenvalue weighted by molar-refractivity contribution is 0.158. The van der Waals surface area contributed by atoms with E-state index in [1.54, 1.807) is 24.3 Å².